The quantitative estimate of drug-likeness (QED) is 0.674. The Morgan fingerprint density at radius 3 is 2.33 bits per heavy atom. The lowest BCUT2D eigenvalue weighted by atomic mass is 9.85. The molecule has 1 atom stereocenters. The summed E-state index contributed by atoms with van der Waals surface area (Å²) in [5.41, 5.74) is 1.26. The van der Waals surface area contributed by atoms with Gasteiger partial charge in [0.05, 0.1) is 11.6 Å². The van der Waals surface area contributed by atoms with E-state index in [-0.39, 0.29) is 11.5 Å². The van der Waals surface area contributed by atoms with Crippen molar-refractivity contribution in [1.82, 2.24) is 5.32 Å². The zero-order valence-corrected chi connectivity index (χ0v) is 15.2. The molecule has 0 radical (unpaired) electrons. The summed E-state index contributed by atoms with van der Waals surface area (Å²) in [5, 5.41) is 4.91. The zero-order chi connectivity index (χ0) is 16.0. The van der Waals surface area contributed by atoms with Gasteiger partial charge in [-0.25, -0.2) is 0 Å². The van der Waals surface area contributed by atoms with Crippen molar-refractivity contribution >= 4 is 23.2 Å². The summed E-state index contributed by atoms with van der Waals surface area (Å²) >= 11 is 12.8. The van der Waals surface area contributed by atoms with Crippen LogP contribution in [0.3, 0.4) is 0 Å². The van der Waals surface area contributed by atoms with Gasteiger partial charge in [0.15, 0.2) is 0 Å². The molecule has 2 nitrogen and oxygen atoms in total. The lowest BCUT2D eigenvalue weighted by molar-refractivity contribution is 0.311. The van der Waals surface area contributed by atoms with Gasteiger partial charge in [0, 0.05) is 17.1 Å². The maximum absolute atomic E-state index is 6.46. The Morgan fingerprint density at radius 1 is 1.14 bits per heavy atom. The van der Waals surface area contributed by atoms with Crippen molar-refractivity contribution in [2.24, 2.45) is 5.41 Å². The first-order valence-electron chi connectivity index (χ1n) is 7.63. The van der Waals surface area contributed by atoms with Gasteiger partial charge in [0.2, 0.25) is 0 Å². The summed E-state index contributed by atoms with van der Waals surface area (Å²) in [7, 11) is 0. The molecular formula is C17H27Cl2NO. The highest BCUT2D eigenvalue weighted by molar-refractivity contribution is 6.34. The van der Waals surface area contributed by atoms with E-state index in [0.29, 0.717) is 22.4 Å². The lowest BCUT2D eigenvalue weighted by Gasteiger charge is -2.28. The van der Waals surface area contributed by atoms with Crippen LogP contribution in [0.4, 0.5) is 0 Å². The maximum Gasteiger partial charge on any atom is 0.139 e. The van der Waals surface area contributed by atoms with E-state index in [1.165, 1.54) is 0 Å². The molecule has 0 saturated carbocycles. The van der Waals surface area contributed by atoms with Gasteiger partial charge in [-0.05, 0) is 43.4 Å². The van der Waals surface area contributed by atoms with Crippen molar-refractivity contribution in [3.8, 4) is 5.75 Å². The van der Waals surface area contributed by atoms with Crippen LogP contribution in [0.15, 0.2) is 12.1 Å². The molecule has 1 aromatic rings. The first kappa shape index (κ1) is 18.6. The molecule has 0 aromatic heterocycles. The Bertz CT molecular complexity index is 455. The molecule has 0 heterocycles. The molecular weight excluding hydrogens is 305 g/mol. The molecule has 0 aliphatic rings. The molecule has 1 N–H and O–H groups in total. The first-order valence-corrected chi connectivity index (χ1v) is 8.39. The normalized spacial score (nSPS) is 13.3. The van der Waals surface area contributed by atoms with Gasteiger partial charge in [-0.2, -0.15) is 0 Å². The van der Waals surface area contributed by atoms with Crippen LogP contribution in [-0.4, -0.2) is 13.2 Å². The van der Waals surface area contributed by atoms with Crippen molar-refractivity contribution < 1.29 is 4.74 Å². The third-order valence-electron chi connectivity index (χ3n) is 3.18. The number of hydrogen-bond donors (Lipinski definition) is 1. The van der Waals surface area contributed by atoms with Crippen LogP contribution in [0.5, 0.6) is 5.75 Å². The highest BCUT2D eigenvalue weighted by Crippen LogP contribution is 2.38. The van der Waals surface area contributed by atoms with E-state index < -0.39 is 0 Å². The Labute approximate surface area is 139 Å². The fourth-order valence-corrected chi connectivity index (χ4v) is 2.81. The van der Waals surface area contributed by atoms with Crippen molar-refractivity contribution in [1.29, 1.82) is 0 Å². The molecule has 1 aromatic carbocycles. The fraction of sp³-hybridized carbons (Fsp3) is 0.647. The molecule has 0 saturated heterocycles. The minimum Gasteiger partial charge on any atom is -0.492 e. The molecule has 0 fully saturated rings. The van der Waals surface area contributed by atoms with Crippen molar-refractivity contribution in [3.63, 3.8) is 0 Å². The third-order valence-corrected chi connectivity index (χ3v) is 3.81. The van der Waals surface area contributed by atoms with E-state index in [1.54, 1.807) is 0 Å². The molecule has 0 aliphatic carbocycles. The smallest absolute Gasteiger partial charge is 0.139 e. The van der Waals surface area contributed by atoms with E-state index in [2.05, 4.69) is 33.0 Å². The second kappa shape index (κ2) is 8.26. The van der Waals surface area contributed by atoms with Crippen LogP contribution in [0, 0.1) is 5.41 Å². The Hall–Kier alpha value is -0.440. The number of ether oxygens (including phenoxy) is 1. The van der Waals surface area contributed by atoms with E-state index in [0.717, 1.165) is 24.9 Å². The largest absolute Gasteiger partial charge is 0.492 e. The van der Waals surface area contributed by atoms with Gasteiger partial charge in [-0.3, -0.25) is 0 Å². The van der Waals surface area contributed by atoms with Crippen LogP contribution >= 0.6 is 23.2 Å². The van der Waals surface area contributed by atoms with E-state index in [4.69, 9.17) is 27.9 Å². The average molecular weight is 332 g/mol. The molecule has 1 unspecified atom stereocenters. The number of rotatable bonds is 7. The summed E-state index contributed by atoms with van der Waals surface area (Å²) in [5.74, 6) is 0.651. The molecule has 1 rings (SSSR count). The Balaban J connectivity index is 3.08. The summed E-state index contributed by atoms with van der Waals surface area (Å²) in [6, 6.07) is 3.96. The number of hydrogen-bond acceptors (Lipinski definition) is 2. The fourth-order valence-electron chi connectivity index (χ4n) is 2.30. The third kappa shape index (κ3) is 6.06. The van der Waals surface area contributed by atoms with Gasteiger partial charge < -0.3 is 10.1 Å². The molecule has 0 bridgehead atoms. The summed E-state index contributed by atoms with van der Waals surface area (Å²) in [6.45, 7) is 12.3. The molecule has 0 aliphatic heterocycles. The Kier molecular flexibility index (Phi) is 7.32. The molecule has 0 spiro atoms. The van der Waals surface area contributed by atoms with Crippen molar-refractivity contribution in [2.75, 3.05) is 13.2 Å². The van der Waals surface area contributed by atoms with E-state index >= 15 is 0 Å². The predicted octanol–water partition coefficient (Wildman–Crippen LogP) is 5.87. The van der Waals surface area contributed by atoms with Gasteiger partial charge >= 0.3 is 0 Å². The SMILES string of the molecule is CCCNC(CC(C)(C)C)c1cc(Cl)c(OCC)cc1Cl. The van der Waals surface area contributed by atoms with Crippen molar-refractivity contribution in [2.45, 2.75) is 53.5 Å². The van der Waals surface area contributed by atoms with Gasteiger partial charge in [-0.1, -0.05) is 50.9 Å². The second-order valence-electron chi connectivity index (χ2n) is 6.51. The van der Waals surface area contributed by atoms with Crippen molar-refractivity contribution in [3.05, 3.63) is 27.7 Å². The highest BCUT2D eigenvalue weighted by atomic mass is 35.5. The predicted molar refractivity (Wildman–Crippen MR) is 92.7 cm³/mol. The summed E-state index contributed by atoms with van der Waals surface area (Å²) in [6.07, 6.45) is 2.08. The Morgan fingerprint density at radius 2 is 1.81 bits per heavy atom. The molecule has 0 amide bonds. The summed E-state index contributed by atoms with van der Waals surface area (Å²) in [4.78, 5) is 0. The van der Waals surface area contributed by atoms with E-state index in [9.17, 15) is 0 Å². The zero-order valence-electron chi connectivity index (χ0n) is 13.7. The average Bonchev–Trinajstić information content (AvgIpc) is 2.37. The maximum atomic E-state index is 6.46. The molecule has 21 heavy (non-hydrogen) atoms. The van der Waals surface area contributed by atoms with Crippen LogP contribution in [0.1, 0.15) is 59.1 Å². The molecule has 120 valence electrons. The van der Waals surface area contributed by atoms with Crippen LogP contribution < -0.4 is 10.1 Å². The number of halogens is 2. The monoisotopic (exact) mass is 331 g/mol. The van der Waals surface area contributed by atoms with Crippen LogP contribution in [-0.2, 0) is 0 Å². The topological polar surface area (TPSA) is 21.3 Å². The number of nitrogens with one attached hydrogen (secondary N) is 1. The highest BCUT2D eigenvalue weighted by Gasteiger charge is 2.23. The summed E-state index contributed by atoms with van der Waals surface area (Å²) < 4.78 is 5.50. The first-order chi connectivity index (χ1) is 9.78. The minimum atomic E-state index is 0.200. The van der Waals surface area contributed by atoms with Crippen LogP contribution in [0.2, 0.25) is 10.0 Å². The van der Waals surface area contributed by atoms with E-state index in [1.807, 2.05) is 19.1 Å². The standard InChI is InChI=1S/C17H27Cl2NO/c1-6-8-20-15(11-17(3,4)5)12-9-14(19)16(21-7-2)10-13(12)18/h9-10,15,20H,6-8,11H2,1-5H3. The molecule has 4 heteroatoms. The number of benzene rings is 1. The second-order valence-corrected chi connectivity index (χ2v) is 7.32. The van der Waals surface area contributed by atoms with Crippen LogP contribution in [0.25, 0.3) is 0 Å². The van der Waals surface area contributed by atoms with Gasteiger partial charge in [0.1, 0.15) is 5.75 Å². The van der Waals surface area contributed by atoms with Gasteiger partial charge in [0.25, 0.3) is 0 Å². The lowest BCUT2D eigenvalue weighted by Crippen LogP contribution is -2.26. The van der Waals surface area contributed by atoms with Gasteiger partial charge in [-0.15, -0.1) is 0 Å². The minimum absolute atomic E-state index is 0.200.